The van der Waals surface area contributed by atoms with Gasteiger partial charge in [0.2, 0.25) is 16.0 Å². The molecule has 3 aromatic rings. The number of methoxy groups -OCH3 is 2. The topological polar surface area (TPSA) is 111 Å². The van der Waals surface area contributed by atoms with Gasteiger partial charge in [-0.05, 0) is 24.3 Å². The molecule has 0 bridgehead atoms. The number of rotatable bonds is 5. The molecule has 4 rings (SSSR count). The van der Waals surface area contributed by atoms with E-state index in [1.54, 1.807) is 12.1 Å². The zero-order chi connectivity index (χ0) is 22.2. The molecular formula is C20H22FN5O4S. The molecule has 1 fully saturated rings. The molecule has 0 radical (unpaired) electrons. The molecule has 0 aliphatic carbocycles. The van der Waals surface area contributed by atoms with Crippen molar-refractivity contribution in [2.75, 3.05) is 51.0 Å². The van der Waals surface area contributed by atoms with Gasteiger partial charge in [-0.25, -0.2) is 17.8 Å². The molecule has 1 aliphatic heterocycles. The van der Waals surface area contributed by atoms with Gasteiger partial charge in [0.25, 0.3) is 0 Å². The highest BCUT2D eigenvalue weighted by Crippen LogP contribution is 2.34. The van der Waals surface area contributed by atoms with Crippen LogP contribution in [0.4, 0.5) is 16.2 Å². The normalized spacial score (nSPS) is 15.3. The summed E-state index contributed by atoms with van der Waals surface area (Å²) in [6, 6.07) is 8.45. The van der Waals surface area contributed by atoms with Crippen LogP contribution in [0.15, 0.2) is 41.3 Å². The second kappa shape index (κ2) is 8.16. The minimum Gasteiger partial charge on any atom is -0.493 e. The molecule has 1 aliphatic rings. The largest absolute Gasteiger partial charge is 0.493 e. The van der Waals surface area contributed by atoms with Crippen molar-refractivity contribution in [2.24, 2.45) is 0 Å². The SMILES string of the molecule is COc1cc2nc(N3CCN(S(=O)(=O)c4cccc(F)c4)CC3)nc(N)c2cc1OC. The fraction of sp³-hybridized carbons (Fsp3) is 0.300. The molecule has 2 heterocycles. The van der Waals surface area contributed by atoms with Crippen LogP contribution in [0.3, 0.4) is 0 Å². The molecule has 0 atom stereocenters. The molecule has 2 aromatic carbocycles. The number of sulfonamides is 1. The average molecular weight is 447 g/mol. The molecule has 2 N–H and O–H groups in total. The van der Waals surface area contributed by atoms with Gasteiger partial charge in [-0.2, -0.15) is 9.29 Å². The van der Waals surface area contributed by atoms with E-state index in [2.05, 4.69) is 9.97 Å². The monoisotopic (exact) mass is 447 g/mol. The second-order valence-corrected chi connectivity index (χ2v) is 8.92. The summed E-state index contributed by atoms with van der Waals surface area (Å²) in [5.41, 5.74) is 6.74. The van der Waals surface area contributed by atoms with Gasteiger partial charge in [-0.15, -0.1) is 0 Å². The Balaban J connectivity index is 1.57. The Morgan fingerprint density at radius 1 is 1.00 bits per heavy atom. The quantitative estimate of drug-likeness (QED) is 0.631. The van der Waals surface area contributed by atoms with Crippen LogP contribution in [0.1, 0.15) is 0 Å². The first-order chi connectivity index (χ1) is 14.8. The van der Waals surface area contributed by atoms with Crippen molar-refractivity contribution in [1.29, 1.82) is 0 Å². The summed E-state index contributed by atoms with van der Waals surface area (Å²) in [4.78, 5) is 10.8. The van der Waals surface area contributed by atoms with Gasteiger partial charge in [-0.1, -0.05) is 6.07 Å². The van der Waals surface area contributed by atoms with Crippen LogP contribution in [0.5, 0.6) is 11.5 Å². The molecule has 0 unspecified atom stereocenters. The van der Waals surface area contributed by atoms with Gasteiger partial charge in [0.1, 0.15) is 11.6 Å². The number of nitrogens with two attached hydrogens (primary N) is 1. The van der Waals surface area contributed by atoms with Crippen LogP contribution in [0.2, 0.25) is 0 Å². The van der Waals surface area contributed by atoms with Crippen LogP contribution < -0.4 is 20.1 Å². The van der Waals surface area contributed by atoms with Crippen LogP contribution in [0.25, 0.3) is 10.9 Å². The number of nitrogens with zero attached hydrogens (tertiary/aromatic N) is 4. The van der Waals surface area contributed by atoms with E-state index in [-0.39, 0.29) is 23.8 Å². The predicted octanol–water partition coefficient (Wildman–Crippen LogP) is 1.88. The number of nitrogen functional groups attached to an aromatic ring is 1. The highest BCUT2D eigenvalue weighted by molar-refractivity contribution is 7.89. The minimum absolute atomic E-state index is 0.0619. The van der Waals surface area contributed by atoms with E-state index >= 15 is 0 Å². The summed E-state index contributed by atoms with van der Waals surface area (Å²) in [5.74, 6) is 1.14. The first kappa shape index (κ1) is 21.1. The standard InChI is InChI=1S/C20H22FN5O4S/c1-29-17-11-15-16(12-18(17)30-2)23-20(24-19(15)22)25-6-8-26(9-7-25)31(27,28)14-5-3-4-13(21)10-14/h3-5,10-12H,6-9H2,1-2H3,(H2,22,23,24). The summed E-state index contributed by atoms with van der Waals surface area (Å²) in [6.45, 7) is 1.16. The maximum Gasteiger partial charge on any atom is 0.243 e. The van der Waals surface area contributed by atoms with Crippen molar-refractivity contribution in [1.82, 2.24) is 14.3 Å². The Labute approximate surface area is 179 Å². The number of piperazine rings is 1. The smallest absolute Gasteiger partial charge is 0.243 e. The van der Waals surface area contributed by atoms with Crippen molar-refractivity contribution in [3.05, 3.63) is 42.2 Å². The molecule has 0 saturated carbocycles. The van der Waals surface area contributed by atoms with Gasteiger partial charge in [0.05, 0.1) is 24.6 Å². The first-order valence-corrected chi connectivity index (χ1v) is 11.0. The van der Waals surface area contributed by atoms with Crippen molar-refractivity contribution in [3.8, 4) is 11.5 Å². The molecule has 0 amide bonds. The summed E-state index contributed by atoms with van der Waals surface area (Å²) >= 11 is 0. The van der Waals surface area contributed by atoms with Crippen molar-refractivity contribution in [3.63, 3.8) is 0 Å². The highest BCUT2D eigenvalue weighted by Gasteiger charge is 2.30. The van der Waals surface area contributed by atoms with E-state index in [1.807, 2.05) is 4.90 Å². The van der Waals surface area contributed by atoms with Gasteiger partial charge in [0.15, 0.2) is 11.5 Å². The molecule has 9 nitrogen and oxygen atoms in total. The Morgan fingerprint density at radius 2 is 1.68 bits per heavy atom. The van der Waals surface area contributed by atoms with Gasteiger partial charge >= 0.3 is 0 Å². The number of halogens is 1. The lowest BCUT2D eigenvalue weighted by Gasteiger charge is -2.34. The number of anilines is 2. The van der Waals surface area contributed by atoms with Gasteiger partial charge in [-0.3, -0.25) is 0 Å². The highest BCUT2D eigenvalue weighted by atomic mass is 32.2. The van der Waals surface area contributed by atoms with E-state index in [0.717, 1.165) is 6.07 Å². The molecule has 1 aromatic heterocycles. The Bertz CT molecular complexity index is 1230. The molecule has 11 heteroatoms. The van der Waals surface area contributed by atoms with Crippen molar-refractivity contribution >= 4 is 32.7 Å². The molecular weight excluding hydrogens is 425 g/mol. The van der Waals surface area contributed by atoms with Gasteiger partial charge < -0.3 is 20.1 Å². The minimum atomic E-state index is -3.78. The summed E-state index contributed by atoms with van der Waals surface area (Å²) < 4.78 is 51.1. The van der Waals surface area contributed by atoms with Crippen LogP contribution in [-0.4, -0.2) is 63.1 Å². The average Bonchev–Trinajstić information content (AvgIpc) is 2.78. The summed E-state index contributed by atoms with van der Waals surface area (Å²) in [5, 5.41) is 0.633. The lowest BCUT2D eigenvalue weighted by atomic mass is 10.2. The molecule has 164 valence electrons. The first-order valence-electron chi connectivity index (χ1n) is 9.53. The number of fused-ring (bicyclic) bond motifs is 1. The lowest BCUT2D eigenvalue weighted by molar-refractivity contribution is 0.356. The fourth-order valence-electron chi connectivity index (χ4n) is 3.51. The number of ether oxygens (including phenoxy) is 2. The Morgan fingerprint density at radius 3 is 2.32 bits per heavy atom. The van der Waals surface area contributed by atoms with Crippen LogP contribution >= 0.6 is 0 Å². The molecule has 0 spiro atoms. The summed E-state index contributed by atoms with van der Waals surface area (Å²) in [7, 11) is -0.710. The van der Waals surface area contributed by atoms with Crippen molar-refractivity contribution < 1.29 is 22.3 Å². The molecule has 1 saturated heterocycles. The zero-order valence-electron chi connectivity index (χ0n) is 17.1. The number of hydrogen-bond acceptors (Lipinski definition) is 8. The van der Waals surface area contributed by atoms with Gasteiger partial charge in [0, 0.05) is 37.6 Å². The number of hydrogen-bond donors (Lipinski definition) is 1. The molecule has 31 heavy (non-hydrogen) atoms. The van der Waals surface area contributed by atoms with E-state index in [0.29, 0.717) is 41.4 Å². The van der Waals surface area contributed by atoms with Crippen LogP contribution in [0, 0.1) is 5.82 Å². The zero-order valence-corrected chi connectivity index (χ0v) is 17.9. The Hall–Kier alpha value is -3.18. The second-order valence-electron chi connectivity index (χ2n) is 6.98. The van der Waals surface area contributed by atoms with E-state index in [4.69, 9.17) is 15.2 Å². The third-order valence-electron chi connectivity index (χ3n) is 5.17. The maximum atomic E-state index is 13.5. The maximum absolute atomic E-state index is 13.5. The van der Waals surface area contributed by atoms with Crippen molar-refractivity contribution in [2.45, 2.75) is 4.90 Å². The fourth-order valence-corrected chi connectivity index (χ4v) is 4.97. The predicted molar refractivity (Wildman–Crippen MR) is 114 cm³/mol. The van der Waals surface area contributed by atoms with Crippen LogP contribution in [-0.2, 0) is 10.0 Å². The van der Waals surface area contributed by atoms with E-state index in [9.17, 15) is 12.8 Å². The third-order valence-corrected chi connectivity index (χ3v) is 7.07. The van der Waals surface area contributed by atoms with E-state index < -0.39 is 15.8 Å². The Kier molecular flexibility index (Phi) is 5.54. The third kappa shape index (κ3) is 3.93. The number of benzene rings is 2. The number of aromatic nitrogens is 2. The lowest BCUT2D eigenvalue weighted by Crippen LogP contribution is -2.49. The van der Waals surface area contributed by atoms with E-state index in [1.165, 1.54) is 36.7 Å². The summed E-state index contributed by atoms with van der Waals surface area (Å²) in [6.07, 6.45) is 0.